The van der Waals surface area contributed by atoms with Crippen LogP contribution in [0.15, 0.2) is 77.5 Å². The quantitative estimate of drug-likeness (QED) is 0.680. The van der Waals surface area contributed by atoms with Gasteiger partial charge in [-0.1, -0.05) is 60.7 Å². The molecule has 20 heavy (non-hydrogen) atoms. The zero-order chi connectivity index (χ0) is 13.6. The fourth-order valence-electron chi connectivity index (χ4n) is 2.54. The second-order valence-electron chi connectivity index (χ2n) is 4.84. The molecule has 0 bridgehead atoms. The molecule has 0 unspecified atom stereocenters. The molecular formula is C18H17NO. The number of benzene rings is 2. The maximum Gasteiger partial charge on any atom is 0.193 e. The molecule has 100 valence electrons. The first kappa shape index (κ1) is 12.7. The molecule has 0 saturated heterocycles. The molecule has 0 atom stereocenters. The van der Waals surface area contributed by atoms with Crippen molar-refractivity contribution in [2.75, 3.05) is 0 Å². The van der Waals surface area contributed by atoms with Gasteiger partial charge in [0.15, 0.2) is 5.89 Å². The van der Waals surface area contributed by atoms with E-state index in [1.807, 2.05) is 0 Å². The monoisotopic (exact) mass is 263 g/mol. The van der Waals surface area contributed by atoms with E-state index >= 15 is 0 Å². The smallest absolute Gasteiger partial charge is 0.193 e. The van der Waals surface area contributed by atoms with E-state index in [0.29, 0.717) is 5.92 Å². The van der Waals surface area contributed by atoms with Gasteiger partial charge in [0.2, 0.25) is 0 Å². The zero-order valence-electron chi connectivity index (χ0n) is 11.3. The van der Waals surface area contributed by atoms with Crippen LogP contribution < -0.4 is 0 Å². The number of rotatable bonds is 5. The van der Waals surface area contributed by atoms with E-state index in [1.165, 1.54) is 11.1 Å². The summed E-state index contributed by atoms with van der Waals surface area (Å²) in [6.45, 7) is 0. The SMILES string of the molecule is c1ccc(C(CCc2ncco2)c2ccccc2)cc1. The maximum atomic E-state index is 5.34. The molecule has 3 aromatic rings. The van der Waals surface area contributed by atoms with Gasteiger partial charge < -0.3 is 4.42 Å². The van der Waals surface area contributed by atoms with E-state index in [4.69, 9.17) is 4.42 Å². The molecule has 0 aliphatic carbocycles. The van der Waals surface area contributed by atoms with Crippen molar-refractivity contribution in [2.24, 2.45) is 0 Å². The Hall–Kier alpha value is -2.35. The van der Waals surface area contributed by atoms with E-state index in [1.54, 1.807) is 12.5 Å². The molecule has 2 nitrogen and oxygen atoms in total. The third-order valence-corrected chi connectivity index (χ3v) is 3.53. The summed E-state index contributed by atoms with van der Waals surface area (Å²) < 4.78 is 5.34. The summed E-state index contributed by atoms with van der Waals surface area (Å²) in [5.74, 6) is 1.19. The molecule has 0 spiro atoms. The van der Waals surface area contributed by atoms with Crippen molar-refractivity contribution in [3.05, 3.63) is 90.1 Å². The average Bonchev–Trinajstić information content (AvgIpc) is 3.03. The van der Waals surface area contributed by atoms with Gasteiger partial charge in [-0.15, -0.1) is 0 Å². The lowest BCUT2D eigenvalue weighted by molar-refractivity contribution is 0.480. The van der Waals surface area contributed by atoms with Crippen LogP contribution in [0.5, 0.6) is 0 Å². The Bertz CT molecular complexity index is 578. The van der Waals surface area contributed by atoms with Crippen LogP contribution in [0.2, 0.25) is 0 Å². The van der Waals surface area contributed by atoms with Gasteiger partial charge in [0, 0.05) is 12.3 Å². The molecule has 0 aliphatic rings. The van der Waals surface area contributed by atoms with Gasteiger partial charge in [-0.2, -0.15) is 0 Å². The molecule has 0 saturated carbocycles. The van der Waals surface area contributed by atoms with Gasteiger partial charge in [0.25, 0.3) is 0 Å². The highest BCUT2D eigenvalue weighted by atomic mass is 16.3. The average molecular weight is 263 g/mol. The van der Waals surface area contributed by atoms with Gasteiger partial charge in [-0.25, -0.2) is 4.98 Å². The van der Waals surface area contributed by atoms with Crippen LogP contribution in [0.3, 0.4) is 0 Å². The van der Waals surface area contributed by atoms with E-state index < -0.39 is 0 Å². The Morgan fingerprint density at radius 2 is 1.45 bits per heavy atom. The van der Waals surface area contributed by atoms with Gasteiger partial charge >= 0.3 is 0 Å². The van der Waals surface area contributed by atoms with Crippen molar-refractivity contribution in [3.63, 3.8) is 0 Å². The van der Waals surface area contributed by atoms with Crippen LogP contribution in [0.4, 0.5) is 0 Å². The van der Waals surface area contributed by atoms with Gasteiger partial charge in [-0.05, 0) is 17.5 Å². The first-order valence-corrected chi connectivity index (χ1v) is 6.92. The lowest BCUT2D eigenvalue weighted by atomic mass is 9.87. The van der Waals surface area contributed by atoms with E-state index in [0.717, 1.165) is 18.7 Å². The third kappa shape index (κ3) is 2.97. The number of hydrogen-bond donors (Lipinski definition) is 0. The number of aromatic nitrogens is 1. The Kier molecular flexibility index (Phi) is 3.93. The Morgan fingerprint density at radius 1 is 0.850 bits per heavy atom. The van der Waals surface area contributed by atoms with Crippen LogP contribution in [0, 0.1) is 0 Å². The lowest BCUT2D eigenvalue weighted by Crippen LogP contribution is -2.03. The molecule has 0 amide bonds. The van der Waals surface area contributed by atoms with Crippen molar-refractivity contribution in [2.45, 2.75) is 18.8 Å². The number of aryl methyl sites for hydroxylation is 1. The minimum atomic E-state index is 0.379. The summed E-state index contributed by atoms with van der Waals surface area (Å²) in [6, 6.07) is 21.2. The van der Waals surface area contributed by atoms with Crippen LogP contribution in [-0.4, -0.2) is 4.98 Å². The predicted molar refractivity (Wildman–Crippen MR) is 79.6 cm³/mol. The fraction of sp³-hybridized carbons (Fsp3) is 0.167. The van der Waals surface area contributed by atoms with Crippen molar-refractivity contribution < 1.29 is 4.42 Å². The molecule has 0 fully saturated rings. The van der Waals surface area contributed by atoms with Crippen molar-refractivity contribution >= 4 is 0 Å². The van der Waals surface area contributed by atoms with E-state index in [2.05, 4.69) is 65.6 Å². The molecule has 3 rings (SSSR count). The summed E-state index contributed by atoms with van der Waals surface area (Å²) >= 11 is 0. The Balaban J connectivity index is 1.84. The number of nitrogens with zero attached hydrogens (tertiary/aromatic N) is 1. The molecule has 0 N–H and O–H groups in total. The topological polar surface area (TPSA) is 26.0 Å². The fourth-order valence-corrected chi connectivity index (χ4v) is 2.54. The Morgan fingerprint density at radius 3 is 1.95 bits per heavy atom. The highest BCUT2D eigenvalue weighted by molar-refractivity contribution is 5.32. The minimum absolute atomic E-state index is 0.379. The van der Waals surface area contributed by atoms with Gasteiger partial charge in [0.05, 0.1) is 6.20 Å². The van der Waals surface area contributed by atoms with Gasteiger partial charge in [-0.3, -0.25) is 0 Å². The summed E-state index contributed by atoms with van der Waals surface area (Å²) in [7, 11) is 0. The summed E-state index contributed by atoms with van der Waals surface area (Å²) in [5.41, 5.74) is 2.68. The first-order valence-electron chi connectivity index (χ1n) is 6.92. The normalized spacial score (nSPS) is 10.8. The Labute approximate surface area is 119 Å². The third-order valence-electron chi connectivity index (χ3n) is 3.53. The second-order valence-corrected chi connectivity index (χ2v) is 4.84. The molecule has 0 radical (unpaired) electrons. The number of oxazole rings is 1. The highest BCUT2D eigenvalue weighted by Gasteiger charge is 2.14. The van der Waals surface area contributed by atoms with Gasteiger partial charge in [0.1, 0.15) is 6.26 Å². The lowest BCUT2D eigenvalue weighted by Gasteiger charge is -2.17. The van der Waals surface area contributed by atoms with E-state index in [-0.39, 0.29) is 0 Å². The largest absolute Gasteiger partial charge is 0.449 e. The van der Waals surface area contributed by atoms with Crippen molar-refractivity contribution in [3.8, 4) is 0 Å². The summed E-state index contributed by atoms with van der Waals surface area (Å²) in [5, 5.41) is 0. The van der Waals surface area contributed by atoms with Crippen LogP contribution in [0.25, 0.3) is 0 Å². The molecule has 1 heterocycles. The standard InChI is InChI=1S/C18H17NO/c1-3-7-15(8-4-1)17(16-9-5-2-6-10-16)11-12-18-19-13-14-20-18/h1-10,13-14,17H,11-12H2. The summed E-state index contributed by atoms with van der Waals surface area (Å²) in [4.78, 5) is 4.21. The molecule has 2 heteroatoms. The van der Waals surface area contributed by atoms with Crippen molar-refractivity contribution in [1.82, 2.24) is 4.98 Å². The molecule has 0 aliphatic heterocycles. The number of hydrogen-bond acceptors (Lipinski definition) is 2. The first-order chi connectivity index (χ1) is 9.93. The van der Waals surface area contributed by atoms with Crippen LogP contribution >= 0.6 is 0 Å². The maximum absolute atomic E-state index is 5.34. The van der Waals surface area contributed by atoms with Crippen molar-refractivity contribution in [1.29, 1.82) is 0 Å². The van der Waals surface area contributed by atoms with Crippen LogP contribution in [0.1, 0.15) is 29.4 Å². The molecule has 1 aromatic heterocycles. The van der Waals surface area contributed by atoms with E-state index in [9.17, 15) is 0 Å². The zero-order valence-corrected chi connectivity index (χ0v) is 11.3. The predicted octanol–water partition coefficient (Wildman–Crippen LogP) is 4.44. The molecular weight excluding hydrogens is 246 g/mol. The van der Waals surface area contributed by atoms with Crippen LogP contribution in [-0.2, 0) is 6.42 Å². The second kappa shape index (κ2) is 6.20. The minimum Gasteiger partial charge on any atom is -0.449 e. The molecule has 2 aromatic carbocycles. The summed E-state index contributed by atoms with van der Waals surface area (Å²) in [6.07, 6.45) is 5.18. The highest BCUT2D eigenvalue weighted by Crippen LogP contribution is 2.28.